The number of benzene rings is 1. The minimum atomic E-state index is -0.654. The van der Waals surface area contributed by atoms with Crippen molar-refractivity contribution in [3.05, 3.63) is 46.6 Å². The fourth-order valence-corrected chi connectivity index (χ4v) is 7.42. The van der Waals surface area contributed by atoms with Crippen LogP contribution in [-0.4, -0.2) is 71.5 Å². The lowest BCUT2D eigenvalue weighted by Gasteiger charge is -2.38. The summed E-state index contributed by atoms with van der Waals surface area (Å²) >= 11 is 1.79. The number of pyridine rings is 1. The summed E-state index contributed by atoms with van der Waals surface area (Å²) in [6, 6.07) is 8.03. The Bertz CT molecular complexity index is 1400. The molecule has 9 nitrogen and oxygen atoms in total. The minimum absolute atomic E-state index is 0.146. The third-order valence-corrected chi connectivity index (χ3v) is 9.93. The number of nitrogens with two attached hydrogens (primary N) is 1. The predicted molar refractivity (Wildman–Crippen MR) is 157 cm³/mol. The van der Waals surface area contributed by atoms with Gasteiger partial charge in [-0.3, -0.25) is 9.59 Å². The molecule has 0 unspecified atom stereocenters. The van der Waals surface area contributed by atoms with Crippen molar-refractivity contribution in [3.63, 3.8) is 0 Å². The van der Waals surface area contributed by atoms with E-state index in [1.54, 1.807) is 16.2 Å². The number of carbonyl (C=O) groups is 2. The fourth-order valence-electron chi connectivity index (χ4n) is 6.31. The molecule has 3 N–H and O–H groups in total. The van der Waals surface area contributed by atoms with Crippen molar-refractivity contribution in [2.45, 2.75) is 56.9 Å². The number of amides is 2. The zero-order valence-electron chi connectivity index (χ0n) is 23.3. The third-order valence-electron chi connectivity index (χ3n) is 8.73. The number of piperidine rings is 2. The number of ether oxygens (including phenoxy) is 1. The zero-order chi connectivity index (χ0) is 27.8. The summed E-state index contributed by atoms with van der Waals surface area (Å²) in [5.41, 5.74) is 9.46. The second-order valence-corrected chi connectivity index (χ2v) is 12.8. The largest absolute Gasteiger partial charge is 0.383 e. The highest BCUT2D eigenvalue weighted by molar-refractivity contribution is 7.18. The molecule has 0 bridgehead atoms. The zero-order valence-corrected chi connectivity index (χ0v) is 24.1. The molecule has 2 amide bonds. The Morgan fingerprint density at radius 3 is 2.70 bits per heavy atom. The van der Waals surface area contributed by atoms with Crippen LogP contribution in [0.4, 0.5) is 11.5 Å². The van der Waals surface area contributed by atoms with E-state index in [-0.39, 0.29) is 12.0 Å². The molecule has 10 heteroatoms. The lowest BCUT2D eigenvalue weighted by molar-refractivity contribution is -0.146. The Morgan fingerprint density at radius 2 is 1.93 bits per heavy atom. The molecular formula is C30H38N6O3S. The van der Waals surface area contributed by atoms with Gasteiger partial charge in [-0.1, -0.05) is 13.0 Å². The monoisotopic (exact) mass is 562 g/mol. The number of fused-ring (bicyclic) bond motifs is 1. The topological polar surface area (TPSA) is 114 Å². The quantitative estimate of drug-likeness (QED) is 0.449. The van der Waals surface area contributed by atoms with Crippen molar-refractivity contribution >= 4 is 44.9 Å². The number of hydrogen-bond donors (Lipinski definition) is 2. The summed E-state index contributed by atoms with van der Waals surface area (Å²) < 4.78 is 6.67. The lowest BCUT2D eigenvalue weighted by atomic mass is 9.89. The van der Waals surface area contributed by atoms with Crippen molar-refractivity contribution in [1.82, 2.24) is 19.8 Å². The number of thiazole rings is 1. The summed E-state index contributed by atoms with van der Waals surface area (Å²) in [5.74, 6) is 0.232. The fraction of sp³-hybridized carbons (Fsp3) is 0.533. The summed E-state index contributed by atoms with van der Waals surface area (Å²) in [4.78, 5) is 40.2. The summed E-state index contributed by atoms with van der Waals surface area (Å²) in [7, 11) is 2.18. The molecule has 0 aliphatic carbocycles. The maximum absolute atomic E-state index is 13.6. The van der Waals surface area contributed by atoms with E-state index in [4.69, 9.17) is 15.5 Å². The molecule has 40 heavy (non-hydrogen) atoms. The van der Waals surface area contributed by atoms with Crippen LogP contribution in [0.1, 0.15) is 73.0 Å². The number of hydrogen-bond acceptors (Lipinski definition) is 8. The Labute approximate surface area is 239 Å². The maximum Gasteiger partial charge on any atom is 0.313 e. The second kappa shape index (κ2) is 11.4. The van der Waals surface area contributed by atoms with E-state index in [2.05, 4.69) is 47.4 Å². The van der Waals surface area contributed by atoms with E-state index < -0.39 is 11.8 Å². The van der Waals surface area contributed by atoms with Gasteiger partial charge < -0.3 is 25.6 Å². The van der Waals surface area contributed by atoms with E-state index in [1.807, 2.05) is 6.07 Å². The SMILES string of the molecule is C[C@H]1CC[C@H](c2ccc3sc(C4CCN(C)CC4)nc3c2)N(C(=O)C(=O)Nc2cnc(N)c([C@@H]3CCOC3)c2)C1. The molecule has 0 saturated carbocycles. The first kappa shape index (κ1) is 27.1. The van der Waals surface area contributed by atoms with Crippen LogP contribution >= 0.6 is 11.3 Å². The molecule has 3 aliphatic rings. The Hall–Kier alpha value is -3.08. The number of rotatable bonds is 4. The number of carbonyl (C=O) groups excluding carboxylic acids is 2. The summed E-state index contributed by atoms with van der Waals surface area (Å²) in [6.07, 6.45) is 6.46. The van der Waals surface area contributed by atoms with Crippen LogP contribution in [-0.2, 0) is 14.3 Å². The number of nitrogen functional groups attached to an aromatic ring is 1. The molecule has 3 atom stereocenters. The normalized spacial score (nSPS) is 24.4. The molecule has 6 rings (SSSR count). The van der Waals surface area contributed by atoms with Gasteiger partial charge in [-0.25, -0.2) is 9.97 Å². The predicted octanol–water partition coefficient (Wildman–Crippen LogP) is 4.52. The highest BCUT2D eigenvalue weighted by atomic mass is 32.1. The van der Waals surface area contributed by atoms with Crippen LogP contribution in [0.25, 0.3) is 10.2 Å². The van der Waals surface area contributed by atoms with Gasteiger partial charge >= 0.3 is 11.8 Å². The summed E-state index contributed by atoms with van der Waals surface area (Å²) in [5, 5.41) is 4.00. The Morgan fingerprint density at radius 1 is 1.10 bits per heavy atom. The van der Waals surface area contributed by atoms with E-state index >= 15 is 0 Å². The van der Waals surface area contributed by atoms with Gasteiger partial charge in [-0.15, -0.1) is 11.3 Å². The molecule has 1 aromatic carbocycles. The molecule has 3 saturated heterocycles. The van der Waals surface area contributed by atoms with Gasteiger partial charge in [0.1, 0.15) is 5.82 Å². The van der Waals surface area contributed by atoms with Crippen molar-refractivity contribution < 1.29 is 14.3 Å². The molecule has 0 radical (unpaired) electrons. The lowest BCUT2D eigenvalue weighted by Crippen LogP contribution is -2.46. The van der Waals surface area contributed by atoms with E-state index in [1.165, 1.54) is 15.9 Å². The number of nitrogens with zero attached hydrogens (tertiary/aromatic N) is 4. The molecule has 3 aliphatic heterocycles. The maximum atomic E-state index is 13.6. The van der Waals surface area contributed by atoms with Gasteiger partial charge in [0.25, 0.3) is 0 Å². The third kappa shape index (κ3) is 5.57. The van der Waals surface area contributed by atoms with Crippen molar-refractivity contribution in [2.75, 3.05) is 50.9 Å². The Balaban J connectivity index is 1.20. The standard InChI is InChI=1S/C30H38N6O3S/c1-18-3-5-25(20-4-6-26-24(13-20)34-29(40-26)19-7-10-35(2)11-8-19)36(16-18)30(38)28(37)33-22-14-23(27(31)32-15-22)21-9-12-39-17-21/h4,6,13-15,18-19,21,25H,3,5,7-12,16-17H2,1-2H3,(H2,31,32)(H,33,37)/t18-,21+,25+/m0/s1. The van der Waals surface area contributed by atoms with Crippen molar-refractivity contribution in [3.8, 4) is 0 Å². The number of aromatic nitrogens is 2. The second-order valence-electron chi connectivity index (χ2n) is 11.7. The smallest absolute Gasteiger partial charge is 0.313 e. The van der Waals surface area contributed by atoms with Gasteiger partial charge in [0.05, 0.1) is 39.8 Å². The summed E-state index contributed by atoms with van der Waals surface area (Å²) in [6.45, 7) is 6.14. The highest BCUT2D eigenvalue weighted by Gasteiger charge is 2.35. The number of likely N-dealkylation sites (tertiary alicyclic amines) is 2. The first-order valence-electron chi connectivity index (χ1n) is 14.4. The number of nitrogens with one attached hydrogen (secondary N) is 1. The van der Waals surface area contributed by atoms with E-state index in [0.717, 1.165) is 61.8 Å². The molecule has 212 valence electrons. The molecule has 5 heterocycles. The van der Waals surface area contributed by atoms with Crippen LogP contribution in [0.2, 0.25) is 0 Å². The van der Waals surface area contributed by atoms with Crippen molar-refractivity contribution in [1.29, 1.82) is 0 Å². The van der Waals surface area contributed by atoms with E-state index in [9.17, 15) is 9.59 Å². The minimum Gasteiger partial charge on any atom is -0.383 e. The first-order chi connectivity index (χ1) is 19.4. The molecule has 0 spiro atoms. The first-order valence-corrected chi connectivity index (χ1v) is 15.2. The molecular weight excluding hydrogens is 524 g/mol. The van der Waals surface area contributed by atoms with Crippen LogP contribution in [0, 0.1) is 5.92 Å². The highest BCUT2D eigenvalue weighted by Crippen LogP contribution is 2.38. The Kier molecular flexibility index (Phi) is 7.74. The average Bonchev–Trinajstić information content (AvgIpc) is 3.64. The van der Waals surface area contributed by atoms with Gasteiger partial charge in [0.2, 0.25) is 0 Å². The molecule has 3 fully saturated rings. The van der Waals surface area contributed by atoms with Crippen LogP contribution in [0.15, 0.2) is 30.5 Å². The molecule has 3 aromatic rings. The van der Waals surface area contributed by atoms with Gasteiger partial charge in [0.15, 0.2) is 0 Å². The van der Waals surface area contributed by atoms with Crippen LogP contribution in [0.3, 0.4) is 0 Å². The molecule has 2 aromatic heterocycles. The van der Waals surface area contributed by atoms with Crippen LogP contribution < -0.4 is 11.1 Å². The van der Waals surface area contributed by atoms with Gasteiger partial charge in [-0.05, 0) is 81.9 Å². The van der Waals surface area contributed by atoms with Gasteiger partial charge in [0, 0.05) is 30.6 Å². The van der Waals surface area contributed by atoms with Gasteiger partial charge in [-0.2, -0.15) is 0 Å². The average molecular weight is 563 g/mol. The number of anilines is 2. The van der Waals surface area contributed by atoms with E-state index in [0.29, 0.717) is 43.1 Å². The van der Waals surface area contributed by atoms with Crippen LogP contribution in [0.5, 0.6) is 0 Å². The van der Waals surface area contributed by atoms with Crippen molar-refractivity contribution in [2.24, 2.45) is 5.92 Å².